The number of rotatable bonds is 9. The van der Waals surface area contributed by atoms with Gasteiger partial charge in [-0.2, -0.15) is 0 Å². The van der Waals surface area contributed by atoms with E-state index >= 15 is 0 Å². The Morgan fingerprint density at radius 2 is 1.96 bits per heavy atom. The van der Waals surface area contributed by atoms with Gasteiger partial charge in [0.1, 0.15) is 5.75 Å². The van der Waals surface area contributed by atoms with Crippen LogP contribution in [0.4, 0.5) is 17.1 Å². The monoisotopic (exact) mass is 357 g/mol. The fraction of sp³-hybridized carbons (Fsp3) is 0.350. The van der Waals surface area contributed by atoms with E-state index in [0.29, 0.717) is 43.4 Å². The van der Waals surface area contributed by atoms with Crippen LogP contribution in [-0.4, -0.2) is 32.8 Å². The van der Waals surface area contributed by atoms with Gasteiger partial charge in [0, 0.05) is 32.7 Å². The Balaban J connectivity index is 2.38. The summed E-state index contributed by atoms with van der Waals surface area (Å²) < 4.78 is 11.1. The molecule has 0 saturated heterocycles. The summed E-state index contributed by atoms with van der Waals surface area (Å²) in [5.41, 5.74) is 9.11. The SMILES string of the molecule is CCOCCN(Cc1ccccc1)c1cc(NC(C)=O)c(N)cc1OC. The molecule has 1 amide bonds. The molecule has 0 aromatic heterocycles. The molecule has 0 bridgehead atoms. The third kappa shape index (κ3) is 5.39. The average molecular weight is 357 g/mol. The van der Waals surface area contributed by atoms with Crippen LogP contribution in [-0.2, 0) is 16.1 Å². The van der Waals surface area contributed by atoms with E-state index in [1.54, 1.807) is 13.2 Å². The Morgan fingerprint density at radius 3 is 2.58 bits per heavy atom. The number of carbonyl (C=O) groups excluding carboxylic acids is 1. The Morgan fingerprint density at radius 1 is 1.23 bits per heavy atom. The maximum atomic E-state index is 11.5. The van der Waals surface area contributed by atoms with Crippen molar-refractivity contribution in [1.29, 1.82) is 0 Å². The van der Waals surface area contributed by atoms with E-state index in [4.69, 9.17) is 15.2 Å². The number of carbonyl (C=O) groups is 1. The maximum absolute atomic E-state index is 11.5. The van der Waals surface area contributed by atoms with E-state index in [9.17, 15) is 4.79 Å². The molecule has 2 rings (SSSR count). The van der Waals surface area contributed by atoms with Crippen molar-refractivity contribution in [3.05, 3.63) is 48.0 Å². The van der Waals surface area contributed by atoms with Gasteiger partial charge in [-0.15, -0.1) is 0 Å². The fourth-order valence-corrected chi connectivity index (χ4v) is 2.70. The summed E-state index contributed by atoms with van der Waals surface area (Å²) in [4.78, 5) is 13.6. The highest BCUT2D eigenvalue weighted by molar-refractivity contribution is 5.94. The predicted octanol–water partition coefficient (Wildman–Crippen LogP) is 3.28. The molecule has 0 atom stereocenters. The highest BCUT2D eigenvalue weighted by atomic mass is 16.5. The molecule has 2 aromatic rings. The van der Waals surface area contributed by atoms with E-state index in [0.717, 1.165) is 5.69 Å². The first-order valence-corrected chi connectivity index (χ1v) is 8.66. The minimum Gasteiger partial charge on any atom is -0.495 e. The number of anilines is 3. The van der Waals surface area contributed by atoms with Crippen molar-refractivity contribution >= 4 is 23.0 Å². The number of amides is 1. The van der Waals surface area contributed by atoms with Gasteiger partial charge >= 0.3 is 0 Å². The van der Waals surface area contributed by atoms with Crippen molar-refractivity contribution in [2.24, 2.45) is 0 Å². The second-order valence-electron chi connectivity index (χ2n) is 5.90. The number of nitrogens with two attached hydrogens (primary N) is 1. The van der Waals surface area contributed by atoms with Crippen molar-refractivity contribution in [1.82, 2.24) is 0 Å². The van der Waals surface area contributed by atoms with E-state index in [1.165, 1.54) is 12.5 Å². The average Bonchev–Trinajstić information content (AvgIpc) is 2.63. The van der Waals surface area contributed by atoms with Gasteiger partial charge < -0.3 is 25.4 Å². The molecule has 6 heteroatoms. The fourth-order valence-electron chi connectivity index (χ4n) is 2.70. The molecule has 0 radical (unpaired) electrons. The lowest BCUT2D eigenvalue weighted by atomic mass is 10.1. The lowest BCUT2D eigenvalue weighted by Gasteiger charge is -2.27. The summed E-state index contributed by atoms with van der Waals surface area (Å²) in [6, 6.07) is 13.8. The molecular formula is C20H27N3O3. The number of nitrogens with one attached hydrogen (secondary N) is 1. The zero-order valence-corrected chi connectivity index (χ0v) is 15.6. The first kappa shape index (κ1) is 19.6. The van der Waals surface area contributed by atoms with Crippen molar-refractivity contribution in [2.75, 3.05) is 42.8 Å². The standard InChI is InChI=1S/C20H27N3O3/c1-4-26-11-10-23(14-16-8-6-5-7-9-16)19-13-18(22-15(2)24)17(21)12-20(19)25-3/h5-9,12-13H,4,10-11,14,21H2,1-3H3,(H,22,24). The molecule has 6 nitrogen and oxygen atoms in total. The molecule has 0 saturated carbocycles. The Bertz CT molecular complexity index is 720. The number of nitrogen functional groups attached to an aromatic ring is 1. The summed E-state index contributed by atoms with van der Waals surface area (Å²) >= 11 is 0. The van der Waals surface area contributed by atoms with Crippen LogP contribution in [0.2, 0.25) is 0 Å². The van der Waals surface area contributed by atoms with E-state index in [1.807, 2.05) is 31.2 Å². The largest absolute Gasteiger partial charge is 0.495 e. The van der Waals surface area contributed by atoms with Crippen LogP contribution in [0.25, 0.3) is 0 Å². The molecule has 3 N–H and O–H groups in total. The minimum absolute atomic E-state index is 0.170. The van der Waals surface area contributed by atoms with Crippen LogP contribution in [0.15, 0.2) is 42.5 Å². The number of nitrogens with zero attached hydrogens (tertiary/aromatic N) is 1. The Labute approximate surface area is 154 Å². The molecule has 26 heavy (non-hydrogen) atoms. The summed E-state index contributed by atoms with van der Waals surface area (Å²) in [5.74, 6) is 0.487. The predicted molar refractivity (Wildman–Crippen MR) is 106 cm³/mol. The number of methoxy groups -OCH3 is 1. The molecule has 0 unspecified atom stereocenters. The van der Waals surface area contributed by atoms with Gasteiger partial charge in [0.25, 0.3) is 0 Å². The van der Waals surface area contributed by atoms with Gasteiger partial charge in [-0.1, -0.05) is 30.3 Å². The summed E-state index contributed by atoms with van der Waals surface area (Å²) in [6.07, 6.45) is 0. The molecule has 0 heterocycles. The van der Waals surface area contributed by atoms with Gasteiger partial charge in [0.15, 0.2) is 0 Å². The Hall–Kier alpha value is -2.73. The summed E-state index contributed by atoms with van der Waals surface area (Å²) in [5, 5.41) is 2.77. The highest BCUT2D eigenvalue weighted by Gasteiger charge is 2.16. The van der Waals surface area contributed by atoms with Crippen LogP contribution in [0.5, 0.6) is 5.75 Å². The van der Waals surface area contributed by atoms with Crippen LogP contribution >= 0.6 is 0 Å². The van der Waals surface area contributed by atoms with E-state index < -0.39 is 0 Å². The van der Waals surface area contributed by atoms with Gasteiger partial charge in [0.05, 0.1) is 30.8 Å². The molecule has 0 aliphatic rings. The number of benzene rings is 2. The lowest BCUT2D eigenvalue weighted by molar-refractivity contribution is -0.114. The molecule has 0 spiro atoms. The quantitative estimate of drug-likeness (QED) is 0.532. The molecule has 140 valence electrons. The van der Waals surface area contributed by atoms with Gasteiger partial charge in [-0.05, 0) is 18.6 Å². The van der Waals surface area contributed by atoms with Crippen molar-refractivity contribution in [2.45, 2.75) is 20.4 Å². The molecule has 2 aromatic carbocycles. The van der Waals surface area contributed by atoms with Crippen molar-refractivity contribution in [3.8, 4) is 5.75 Å². The van der Waals surface area contributed by atoms with Crippen molar-refractivity contribution < 1.29 is 14.3 Å². The number of hydrogen-bond donors (Lipinski definition) is 2. The maximum Gasteiger partial charge on any atom is 0.221 e. The zero-order valence-electron chi connectivity index (χ0n) is 15.6. The highest BCUT2D eigenvalue weighted by Crippen LogP contribution is 2.36. The molecule has 0 aliphatic carbocycles. The van der Waals surface area contributed by atoms with Crippen LogP contribution in [0, 0.1) is 0 Å². The van der Waals surface area contributed by atoms with Gasteiger partial charge in [-0.25, -0.2) is 0 Å². The third-order valence-corrected chi connectivity index (χ3v) is 3.93. The lowest BCUT2D eigenvalue weighted by Crippen LogP contribution is -2.27. The summed E-state index contributed by atoms with van der Waals surface area (Å²) in [6.45, 7) is 6.05. The number of hydrogen-bond acceptors (Lipinski definition) is 5. The normalized spacial score (nSPS) is 10.4. The van der Waals surface area contributed by atoms with Crippen LogP contribution in [0.3, 0.4) is 0 Å². The topological polar surface area (TPSA) is 76.8 Å². The van der Waals surface area contributed by atoms with Gasteiger partial charge in [0.2, 0.25) is 5.91 Å². The van der Waals surface area contributed by atoms with E-state index in [-0.39, 0.29) is 5.91 Å². The second-order valence-corrected chi connectivity index (χ2v) is 5.90. The first-order chi connectivity index (χ1) is 12.5. The van der Waals surface area contributed by atoms with Crippen molar-refractivity contribution in [3.63, 3.8) is 0 Å². The third-order valence-electron chi connectivity index (χ3n) is 3.93. The summed E-state index contributed by atoms with van der Waals surface area (Å²) in [7, 11) is 1.61. The van der Waals surface area contributed by atoms with Gasteiger partial charge in [-0.3, -0.25) is 4.79 Å². The minimum atomic E-state index is -0.170. The smallest absolute Gasteiger partial charge is 0.221 e. The second kappa shape index (κ2) is 9.68. The van der Waals surface area contributed by atoms with Crippen LogP contribution in [0.1, 0.15) is 19.4 Å². The molecule has 0 aliphatic heterocycles. The van der Waals surface area contributed by atoms with E-state index in [2.05, 4.69) is 22.3 Å². The zero-order chi connectivity index (χ0) is 18.9. The Kier molecular flexibility index (Phi) is 7.29. The number of ether oxygens (including phenoxy) is 2. The molecule has 0 fully saturated rings. The molecular weight excluding hydrogens is 330 g/mol. The first-order valence-electron chi connectivity index (χ1n) is 8.66. The van der Waals surface area contributed by atoms with Crippen LogP contribution < -0.4 is 20.7 Å².